The molecule has 0 unspecified atom stereocenters. The fourth-order valence-corrected chi connectivity index (χ4v) is 2.58. The summed E-state index contributed by atoms with van der Waals surface area (Å²) in [5, 5.41) is 13.6. The molecule has 10 heteroatoms. The highest BCUT2D eigenvalue weighted by Crippen LogP contribution is 2.32. The summed E-state index contributed by atoms with van der Waals surface area (Å²) in [6, 6.07) is 7.15. The highest BCUT2D eigenvalue weighted by Gasteiger charge is 2.19. The Hall–Kier alpha value is -3.82. The fourth-order valence-electron chi connectivity index (χ4n) is 2.58. The summed E-state index contributed by atoms with van der Waals surface area (Å²) in [5.74, 6) is -0.481. The van der Waals surface area contributed by atoms with E-state index in [1.54, 1.807) is 13.0 Å². The van der Waals surface area contributed by atoms with E-state index in [0.29, 0.717) is 29.4 Å². The van der Waals surface area contributed by atoms with Crippen LogP contribution in [0.2, 0.25) is 0 Å². The Bertz CT molecular complexity index is 958. The van der Waals surface area contributed by atoms with Crippen molar-refractivity contribution in [2.24, 2.45) is 0 Å². The molecule has 160 valence electrons. The van der Waals surface area contributed by atoms with E-state index in [0.717, 1.165) is 0 Å². The van der Waals surface area contributed by atoms with E-state index in [1.165, 1.54) is 38.5 Å². The molecule has 2 aromatic rings. The van der Waals surface area contributed by atoms with Crippen LogP contribution in [0.15, 0.2) is 30.3 Å². The van der Waals surface area contributed by atoms with Gasteiger partial charge < -0.3 is 24.3 Å². The summed E-state index contributed by atoms with van der Waals surface area (Å²) in [7, 11) is 2.73. The summed E-state index contributed by atoms with van der Waals surface area (Å²) in [6.07, 6.45) is 0. The molecule has 1 amide bonds. The molecule has 0 spiro atoms. The van der Waals surface area contributed by atoms with Crippen LogP contribution in [-0.4, -0.2) is 44.2 Å². The molecule has 0 fully saturated rings. The molecule has 1 N–H and O–H groups in total. The largest absolute Gasteiger partial charge is 0.493 e. The van der Waals surface area contributed by atoms with E-state index in [2.05, 4.69) is 5.32 Å². The summed E-state index contributed by atoms with van der Waals surface area (Å²) >= 11 is 0. The van der Waals surface area contributed by atoms with Crippen LogP contribution in [0.1, 0.15) is 22.8 Å². The summed E-state index contributed by atoms with van der Waals surface area (Å²) < 4.78 is 20.6. The topological polar surface area (TPSA) is 126 Å². The molecule has 0 radical (unpaired) electrons. The SMILES string of the molecule is CCOc1ccc(C(=O)OCC(=O)Nc2cc(OC)c([N+](=O)[O-])cc2C)cc1OC. The van der Waals surface area contributed by atoms with Gasteiger partial charge in [0.2, 0.25) is 0 Å². The number of rotatable bonds is 9. The van der Waals surface area contributed by atoms with Crippen LogP contribution < -0.4 is 19.5 Å². The molecule has 0 aliphatic carbocycles. The molecular weight excluding hydrogens is 396 g/mol. The Labute approximate surface area is 172 Å². The van der Waals surface area contributed by atoms with Crippen molar-refractivity contribution in [3.63, 3.8) is 0 Å². The Kier molecular flexibility index (Phi) is 7.56. The van der Waals surface area contributed by atoms with E-state index >= 15 is 0 Å². The van der Waals surface area contributed by atoms with Crippen LogP contribution in [0, 0.1) is 17.0 Å². The van der Waals surface area contributed by atoms with Gasteiger partial charge in [-0.1, -0.05) is 0 Å². The zero-order valence-corrected chi connectivity index (χ0v) is 17.0. The number of nitrogens with one attached hydrogen (secondary N) is 1. The number of amides is 1. The van der Waals surface area contributed by atoms with Crippen LogP contribution in [0.3, 0.4) is 0 Å². The normalized spacial score (nSPS) is 10.1. The lowest BCUT2D eigenvalue weighted by molar-refractivity contribution is -0.385. The number of hydrogen-bond acceptors (Lipinski definition) is 8. The molecule has 2 rings (SSSR count). The van der Waals surface area contributed by atoms with Crippen molar-refractivity contribution in [1.29, 1.82) is 0 Å². The van der Waals surface area contributed by atoms with Crippen molar-refractivity contribution in [2.75, 3.05) is 32.8 Å². The van der Waals surface area contributed by atoms with Crippen LogP contribution in [0.25, 0.3) is 0 Å². The Morgan fingerprint density at radius 3 is 2.37 bits per heavy atom. The zero-order valence-electron chi connectivity index (χ0n) is 17.0. The lowest BCUT2D eigenvalue weighted by Gasteiger charge is -2.12. The number of hydrogen-bond donors (Lipinski definition) is 1. The van der Waals surface area contributed by atoms with Crippen LogP contribution in [-0.2, 0) is 9.53 Å². The van der Waals surface area contributed by atoms with E-state index in [-0.39, 0.29) is 17.0 Å². The maximum absolute atomic E-state index is 12.2. The van der Waals surface area contributed by atoms with Gasteiger partial charge in [-0.15, -0.1) is 0 Å². The monoisotopic (exact) mass is 418 g/mol. The maximum Gasteiger partial charge on any atom is 0.338 e. The third-order valence-corrected chi connectivity index (χ3v) is 4.03. The van der Waals surface area contributed by atoms with Crippen molar-refractivity contribution in [2.45, 2.75) is 13.8 Å². The average molecular weight is 418 g/mol. The second-order valence-corrected chi connectivity index (χ2v) is 6.02. The summed E-state index contributed by atoms with van der Waals surface area (Å²) in [5.41, 5.74) is 0.736. The van der Waals surface area contributed by atoms with Crippen molar-refractivity contribution in [1.82, 2.24) is 0 Å². The van der Waals surface area contributed by atoms with E-state index in [9.17, 15) is 19.7 Å². The molecule has 0 heterocycles. The number of nitro benzene ring substituents is 1. The quantitative estimate of drug-likeness (QED) is 0.374. The number of nitro groups is 1. The molecule has 0 bridgehead atoms. The molecule has 0 aliphatic heterocycles. The Balaban J connectivity index is 2.04. The van der Waals surface area contributed by atoms with Gasteiger partial charge in [-0.3, -0.25) is 14.9 Å². The Morgan fingerprint density at radius 1 is 1.07 bits per heavy atom. The minimum absolute atomic E-state index is 0.000576. The first-order valence-electron chi connectivity index (χ1n) is 8.91. The number of nitrogens with zero attached hydrogens (tertiary/aromatic N) is 1. The predicted molar refractivity (Wildman–Crippen MR) is 107 cm³/mol. The standard InChI is InChI=1S/C20H22N2O8/c1-5-29-16-7-6-13(9-18(16)28-4)20(24)30-11-19(23)21-14-10-17(27-3)15(22(25)26)8-12(14)2/h6-10H,5,11H2,1-4H3,(H,21,23). The van der Waals surface area contributed by atoms with Gasteiger partial charge in [0, 0.05) is 17.8 Å². The van der Waals surface area contributed by atoms with Crippen molar-refractivity contribution < 1.29 is 33.5 Å². The van der Waals surface area contributed by atoms with Crippen molar-refractivity contribution in [3.05, 3.63) is 51.6 Å². The van der Waals surface area contributed by atoms with Gasteiger partial charge in [0.25, 0.3) is 5.91 Å². The number of esters is 1. The number of anilines is 1. The number of benzene rings is 2. The smallest absolute Gasteiger partial charge is 0.338 e. The van der Waals surface area contributed by atoms with Crippen molar-refractivity contribution >= 4 is 23.3 Å². The second kappa shape index (κ2) is 10.1. The van der Waals surface area contributed by atoms with Gasteiger partial charge in [-0.25, -0.2) is 4.79 Å². The van der Waals surface area contributed by atoms with Crippen LogP contribution in [0.4, 0.5) is 11.4 Å². The van der Waals surface area contributed by atoms with Crippen LogP contribution in [0.5, 0.6) is 17.2 Å². The van der Waals surface area contributed by atoms with Crippen LogP contribution >= 0.6 is 0 Å². The van der Waals surface area contributed by atoms with Crippen molar-refractivity contribution in [3.8, 4) is 17.2 Å². The van der Waals surface area contributed by atoms with Gasteiger partial charge in [0.05, 0.1) is 31.3 Å². The summed E-state index contributed by atoms with van der Waals surface area (Å²) in [4.78, 5) is 34.9. The number of aryl methyl sites for hydroxylation is 1. The van der Waals surface area contributed by atoms with Gasteiger partial charge >= 0.3 is 11.7 Å². The molecule has 0 aliphatic rings. The first-order chi connectivity index (χ1) is 14.3. The first kappa shape index (κ1) is 22.5. The Morgan fingerprint density at radius 2 is 1.77 bits per heavy atom. The second-order valence-electron chi connectivity index (χ2n) is 6.02. The number of ether oxygens (including phenoxy) is 4. The minimum Gasteiger partial charge on any atom is -0.493 e. The average Bonchev–Trinajstić information content (AvgIpc) is 2.73. The third kappa shape index (κ3) is 5.37. The molecule has 0 aromatic heterocycles. The molecule has 0 saturated heterocycles. The van der Waals surface area contributed by atoms with Gasteiger partial charge in [0.1, 0.15) is 0 Å². The predicted octanol–water partition coefficient (Wildman–Crippen LogP) is 3.11. The van der Waals surface area contributed by atoms with E-state index < -0.39 is 23.4 Å². The van der Waals surface area contributed by atoms with Gasteiger partial charge in [-0.05, 0) is 37.6 Å². The van der Waals surface area contributed by atoms with E-state index in [4.69, 9.17) is 18.9 Å². The summed E-state index contributed by atoms with van der Waals surface area (Å²) in [6.45, 7) is 3.31. The molecule has 0 saturated carbocycles. The number of methoxy groups -OCH3 is 2. The van der Waals surface area contributed by atoms with Gasteiger partial charge in [-0.2, -0.15) is 0 Å². The highest BCUT2D eigenvalue weighted by molar-refractivity contribution is 5.96. The third-order valence-electron chi connectivity index (χ3n) is 4.03. The van der Waals surface area contributed by atoms with Gasteiger partial charge in [0.15, 0.2) is 23.9 Å². The van der Waals surface area contributed by atoms with E-state index in [1.807, 2.05) is 6.92 Å². The highest BCUT2D eigenvalue weighted by atomic mass is 16.6. The molecule has 0 atom stereocenters. The zero-order chi connectivity index (χ0) is 22.3. The molecule has 30 heavy (non-hydrogen) atoms. The first-order valence-corrected chi connectivity index (χ1v) is 8.91. The molecular formula is C20H22N2O8. The molecule has 10 nitrogen and oxygen atoms in total. The lowest BCUT2D eigenvalue weighted by atomic mass is 10.1. The molecule has 2 aromatic carbocycles. The lowest BCUT2D eigenvalue weighted by Crippen LogP contribution is -2.21. The number of carbonyl (C=O) groups is 2. The number of carbonyl (C=O) groups excluding carboxylic acids is 2. The maximum atomic E-state index is 12.2. The fraction of sp³-hybridized carbons (Fsp3) is 0.300. The minimum atomic E-state index is -0.718.